The zero-order chi connectivity index (χ0) is 19.0. The summed E-state index contributed by atoms with van der Waals surface area (Å²) in [6.07, 6.45) is 0. The fraction of sp³-hybridized carbons (Fsp3) is 0.263. The molecule has 0 spiro atoms. The molecule has 2 aromatic rings. The van der Waals surface area contributed by atoms with Crippen LogP contribution in [-0.2, 0) is 10.3 Å². The van der Waals surface area contributed by atoms with Gasteiger partial charge < -0.3 is 19.5 Å². The van der Waals surface area contributed by atoms with Gasteiger partial charge in [-0.05, 0) is 48.9 Å². The normalized spacial score (nSPS) is 20.7. The minimum absolute atomic E-state index is 0.0716. The van der Waals surface area contributed by atoms with E-state index in [0.717, 1.165) is 4.90 Å². The number of carbonyl (C=O) groups excluding carboxylic acids is 2. The summed E-state index contributed by atoms with van der Waals surface area (Å²) in [5, 5.41) is 2.73. The summed E-state index contributed by atoms with van der Waals surface area (Å²) in [7, 11) is 0. The quantitative estimate of drug-likeness (QED) is 0.816. The summed E-state index contributed by atoms with van der Waals surface area (Å²) < 4.78 is 29.0. The van der Waals surface area contributed by atoms with Crippen LogP contribution in [0.2, 0.25) is 0 Å². The lowest BCUT2D eigenvalue weighted by atomic mass is 9.91. The molecule has 4 rings (SSSR count). The first-order valence-corrected chi connectivity index (χ1v) is 8.40. The lowest BCUT2D eigenvalue weighted by molar-refractivity contribution is -0.131. The molecule has 1 N–H and O–H groups in total. The van der Waals surface area contributed by atoms with Crippen LogP contribution in [0.3, 0.4) is 0 Å². The van der Waals surface area contributed by atoms with Crippen molar-refractivity contribution in [1.29, 1.82) is 0 Å². The predicted molar refractivity (Wildman–Crippen MR) is 92.1 cm³/mol. The van der Waals surface area contributed by atoms with Gasteiger partial charge in [-0.1, -0.05) is 6.07 Å². The molecule has 2 aromatic carbocycles. The third-order valence-corrected chi connectivity index (χ3v) is 4.62. The van der Waals surface area contributed by atoms with Crippen molar-refractivity contribution in [2.75, 3.05) is 19.9 Å². The molecule has 0 aromatic heterocycles. The topological polar surface area (TPSA) is 77.1 Å². The second-order valence-corrected chi connectivity index (χ2v) is 6.38. The second-order valence-electron chi connectivity index (χ2n) is 6.38. The fourth-order valence-corrected chi connectivity index (χ4v) is 3.09. The van der Waals surface area contributed by atoms with Crippen LogP contribution in [0.1, 0.15) is 12.5 Å². The maximum Gasteiger partial charge on any atom is 0.325 e. The summed E-state index contributed by atoms with van der Waals surface area (Å²) >= 11 is 0. The Morgan fingerprint density at radius 3 is 2.67 bits per heavy atom. The molecule has 2 aliphatic rings. The Kier molecular flexibility index (Phi) is 4.10. The molecule has 2 aliphatic heterocycles. The molecule has 1 saturated heterocycles. The van der Waals surface area contributed by atoms with Gasteiger partial charge in [-0.25, -0.2) is 9.18 Å². The number of carbonyl (C=O) groups is 2. The Hall–Kier alpha value is -3.29. The van der Waals surface area contributed by atoms with Gasteiger partial charge in [0.25, 0.3) is 5.91 Å². The summed E-state index contributed by atoms with van der Waals surface area (Å²) in [6, 6.07) is 10.2. The Bertz CT molecular complexity index is 901. The number of hydrogen-bond donors (Lipinski definition) is 1. The molecule has 140 valence electrons. The van der Waals surface area contributed by atoms with Crippen LogP contribution in [0.25, 0.3) is 0 Å². The van der Waals surface area contributed by atoms with Crippen LogP contribution in [0.5, 0.6) is 17.2 Å². The smallest absolute Gasteiger partial charge is 0.325 e. The van der Waals surface area contributed by atoms with Gasteiger partial charge in [-0.15, -0.1) is 0 Å². The number of imide groups is 1. The molecule has 3 amide bonds. The Balaban J connectivity index is 1.45. The zero-order valence-corrected chi connectivity index (χ0v) is 14.5. The van der Waals surface area contributed by atoms with Gasteiger partial charge in [0.05, 0.1) is 6.54 Å². The number of nitrogens with zero attached hydrogens (tertiary/aromatic N) is 1. The molecule has 1 fully saturated rings. The average Bonchev–Trinajstić information content (AvgIpc) is 3.21. The van der Waals surface area contributed by atoms with Gasteiger partial charge in [-0.2, -0.15) is 0 Å². The lowest BCUT2D eigenvalue weighted by Gasteiger charge is -2.22. The number of benzene rings is 2. The Morgan fingerprint density at radius 1 is 1.15 bits per heavy atom. The molecule has 7 nitrogen and oxygen atoms in total. The number of amides is 3. The maximum atomic E-state index is 12.9. The highest BCUT2D eigenvalue weighted by Crippen LogP contribution is 2.37. The van der Waals surface area contributed by atoms with Crippen molar-refractivity contribution >= 4 is 11.9 Å². The van der Waals surface area contributed by atoms with E-state index in [-0.39, 0.29) is 31.7 Å². The SMILES string of the molecule is C[C@]1(c2ccc3c(c2)OCO3)NC(=O)N(CCOc2ccc(F)cc2)C1=O. The highest BCUT2D eigenvalue weighted by Gasteiger charge is 2.49. The molecule has 0 radical (unpaired) electrons. The van der Waals surface area contributed by atoms with Crippen molar-refractivity contribution in [2.24, 2.45) is 0 Å². The van der Waals surface area contributed by atoms with E-state index in [1.807, 2.05) is 0 Å². The largest absolute Gasteiger partial charge is 0.492 e. The van der Waals surface area contributed by atoms with E-state index in [0.29, 0.717) is 22.8 Å². The van der Waals surface area contributed by atoms with Gasteiger partial charge >= 0.3 is 6.03 Å². The molecule has 0 bridgehead atoms. The van der Waals surface area contributed by atoms with E-state index < -0.39 is 11.6 Å². The lowest BCUT2D eigenvalue weighted by Crippen LogP contribution is -2.41. The molecular formula is C19H17FN2O5. The van der Waals surface area contributed by atoms with Crippen LogP contribution >= 0.6 is 0 Å². The molecule has 8 heteroatoms. The first kappa shape index (κ1) is 17.1. The predicted octanol–water partition coefficient (Wildman–Crippen LogP) is 2.40. The van der Waals surface area contributed by atoms with Crippen LogP contribution in [0, 0.1) is 5.82 Å². The van der Waals surface area contributed by atoms with Gasteiger partial charge in [0.2, 0.25) is 6.79 Å². The van der Waals surface area contributed by atoms with Crippen LogP contribution in [0.15, 0.2) is 42.5 Å². The molecule has 0 saturated carbocycles. The van der Waals surface area contributed by atoms with Crippen LogP contribution in [0.4, 0.5) is 9.18 Å². The highest BCUT2D eigenvalue weighted by molar-refractivity contribution is 6.07. The number of hydrogen-bond acceptors (Lipinski definition) is 5. The van der Waals surface area contributed by atoms with Crippen LogP contribution < -0.4 is 19.5 Å². The number of urea groups is 1. The van der Waals surface area contributed by atoms with Gasteiger partial charge in [0.1, 0.15) is 23.7 Å². The molecular weight excluding hydrogens is 355 g/mol. The minimum Gasteiger partial charge on any atom is -0.492 e. The van der Waals surface area contributed by atoms with E-state index in [1.54, 1.807) is 25.1 Å². The first-order chi connectivity index (χ1) is 13.0. The number of rotatable bonds is 5. The molecule has 0 aliphatic carbocycles. The Labute approximate surface area is 154 Å². The number of fused-ring (bicyclic) bond motifs is 1. The van der Waals surface area contributed by atoms with E-state index in [2.05, 4.69) is 5.32 Å². The Morgan fingerprint density at radius 2 is 1.89 bits per heavy atom. The monoisotopic (exact) mass is 372 g/mol. The number of ether oxygens (including phenoxy) is 3. The van der Waals surface area contributed by atoms with Crippen molar-refractivity contribution in [3.63, 3.8) is 0 Å². The number of nitrogens with one attached hydrogen (secondary N) is 1. The summed E-state index contributed by atoms with van der Waals surface area (Å²) in [5.74, 6) is 0.851. The van der Waals surface area contributed by atoms with Gasteiger partial charge in [0, 0.05) is 0 Å². The first-order valence-electron chi connectivity index (χ1n) is 8.40. The zero-order valence-electron chi connectivity index (χ0n) is 14.5. The molecule has 27 heavy (non-hydrogen) atoms. The van der Waals surface area contributed by atoms with Gasteiger partial charge in [0.15, 0.2) is 11.5 Å². The average molecular weight is 372 g/mol. The number of halogens is 1. The summed E-state index contributed by atoms with van der Waals surface area (Å²) in [5.41, 5.74) is -0.597. The second kappa shape index (κ2) is 6.46. The standard InChI is InChI=1S/C19H17FN2O5/c1-19(12-2-7-15-16(10-12)27-11-26-15)17(23)22(18(24)21-19)8-9-25-14-5-3-13(20)4-6-14/h2-7,10H,8-9,11H2,1H3,(H,21,24)/t19-/m1/s1. The molecule has 1 atom stereocenters. The van der Waals surface area contributed by atoms with Crippen LogP contribution in [-0.4, -0.2) is 36.8 Å². The van der Waals surface area contributed by atoms with Crippen molar-refractivity contribution < 1.29 is 28.2 Å². The molecule has 2 heterocycles. The third kappa shape index (κ3) is 3.03. The highest BCUT2D eigenvalue weighted by atomic mass is 19.1. The van der Waals surface area contributed by atoms with E-state index in [4.69, 9.17) is 14.2 Å². The summed E-state index contributed by atoms with van der Waals surface area (Å²) in [4.78, 5) is 26.3. The minimum atomic E-state index is -1.20. The van der Waals surface area contributed by atoms with E-state index >= 15 is 0 Å². The van der Waals surface area contributed by atoms with E-state index in [1.165, 1.54) is 24.3 Å². The summed E-state index contributed by atoms with van der Waals surface area (Å²) in [6.45, 7) is 1.94. The van der Waals surface area contributed by atoms with Crippen molar-refractivity contribution in [2.45, 2.75) is 12.5 Å². The third-order valence-electron chi connectivity index (χ3n) is 4.62. The van der Waals surface area contributed by atoms with E-state index in [9.17, 15) is 14.0 Å². The maximum absolute atomic E-state index is 12.9. The van der Waals surface area contributed by atoms with Crippen molar-refractivity contribution in [1.82, 2.24) is 10.2 Å². The van der Waals surface area contributed by atoms with Crippen molar-refractivity contribution in [3.05, 3.63) is 53.8 Å². The van der Waals surface area contributed by atoms with Crippen molar-refractivity contribution in [3.8, 4) is 17.2 Å². The molecule has 0 unspecified atom stereocenters. The van der Waals surface area contributed by atoms with Gasteiger partial charge in [-0.3, -0.25) is 9.69 Å². The fourth-order valence-electron chi connectivity index (χ4n) is 3.09.